The summed E-state index contributed by atoms with van der Waals surface area (Å²) in [5.41, 5.74) is 5.79. The minimum atomic E-state index is -0.302. The van der Waals surface area contributed by atoms with Gasteiger partial charge in [0.05, 0.1) is 0 Å². The standard InChI is InChI=1S/C7H10N2O/c1-9-4-2-6(3-5-9)7(8)10/h2,4H,3,5H2,1H3,(H-,8,10)/p+1. The molecule has 0 atom stereocenters. The van der Waals surface area contributed by atoms with E-state index in [1.165, 1.54) is 0 Å². The number of rotatable bonds is 1. The van der Waals surface area contributed by atoms with E-state index >= 15 is 0 Å². The highest BCUT2D eigenvalue weighted by atomic mass is 16.1. The molecule has 0 spiro atoms. The Morgan fingerprint density at radius 2 is 2.50 bits per heavy atom. The van der Waals surface area contributed by atoms with Gasteiger partial charge in [0.15, 0.2) is 6.21 Å². The third-order valence-electron chi connectivity index (χ3n) is 1.58. The maximum absolute atomic E-state index is 10.6. The molecule has 0 aromatic carbocycles. The normalized spacial score (nSPS) is 17.7. The summed E-state index contributed by atoms with van der Waals surface area (Å²) in [6, 6.07) is 0. The second-order valence-electron chi connectivity index (χ2n) is 2.44. The molecule has 10 heavy (non-hydrogen) atoms. The summed E-state index contributed by atoms with van der Waals surface area (Å²) in [6.45, 7) is 0.884. The summed E-state index contributed by atoms with van der Waals surface area (Å²) in [5, 5.41) is 0. The maximum Gasteiger partial charge on any atom is 0.245 e. The van der Waals surface area contributed by atoms with Crippen molar-refractivity contribution in [2.24, 2.45) is 5.73 Å². The average molecular weight is 139 g/mol. The Labute approximate surface area is 59.8 Å². The van der Waals surface area contributed by atoms with Crippen molar-refractivity contribution in [3.63, 3.8) is 0 Å². The molecule has 1 aliphatic rings. The molecule has 0 aromatic heterocycles. The second kappa shape index (κ2) is 2.64. The number of amides is 1. The zero-order valence-corrected chi connectivity index (χ0v) is 6.00. The van der Waals surface area contributed by atoms with Crippen molar-refractivity contribution in [2.45, 2.75) is 6.42 Å². The zero-order valence-electron chi connectivity index (χ0n) is 6.00. The van der Waals surface area contributed by atoms with E-state index in [1.54, 1.807) is 6.08 Å². The number of allylic oxidation sites excluding steroid dienone is 1. The van der Waals surface area contributed by atoms with Gasteiger partial charge in [0.2, 0.25) is 5.91 Å². The predicted octanol–water partition coefficient (Wildman–Crippen LogP) is -0.485. The molecule has 2 N–H and O–H groups in total. The molecule has 54 valence electrons. The Kier molecular flexibility index (Phi) is 1.85. The lowest BCUT2D eigenvalue weighted by Crippen LogP contribution is -2.21. The summed E-state index contributed by atoms with van der Waals surface area (Å²) in [7, 11) is 1.97. The molecular formula is C7H11N2O+. The summed E-state index contributed by atoms with van der Waals surface area (Å²) in [6.07, 6.45) is 4.40. The van der Waals surface area contributed by atoms with Gasteiger partial charge >= 0.3 is 0 Å². The van der Waals surface area contributed by atoms with Crippen molar-refractivity contribution in [2.75, 3.05) is 13.6 Å². The fourth-order valence-electron chi connectivity index (χ4n) is 0.877. The summed E-state index contributed by atoms with van der Waals surface area (Å²) in [4.78, 5) is 10.6. The molecule has 0 fully saturated rings. The van der Waals surface area contributed by atoms with Crippen molar-refractivity contribution >= 4 is 12.1 Å². The van der Waals surface area contributed by atoms with Gasteiger partial charge in [0.25, 0.3) is 0 Å². The number of primary amides is 1. The molecule has 1 rings (SSSR count). The largest absolute Gasteiger partial charge is 0.366 e. The van der Waals surface area contributed by atoms with Crippen LogP contribution in [0.5, 0.6) is 0 Å². The van der Waals surface area contributed by atoms with Crippen LogP contribution in [0.2, 0.25) is 0 Å². The maximum atomic E-state index is 10.6. The van der Waals surface area contributed by atoms with E-state index < -0.39 is 0 Å². The van der Waals surface area contributed by atoms with Crippen molar-refractivity contribution in [1.29, 1.82) is 0 Å². The number of hydrogen-bond donors (Lipinski definition) is 1. The van der Waals surface area contributed by atoms with E-state index in [1.807, 2.05) is 17.8 Å². The molecule has 1 heterocycles. The van der Waals surface area contributed by atoms with Crippen LogP contribution < -0.4 is 5.73 Å². The monoisotopic (exact) mass is 139 g/mol. The quantitative estimate of drug-likeness (QED) is 0.490. The van der Waals surface area contributed by atoms with E-state index in [9.17, 15) is 4.79 Å². The zero-order chi connectivity index (χ0) is 7.56. The van der Waals surface area contributed by atoms with Crippen LogP contribution >= 0.6 is 0 Å². The number of carbonyl (C=O) groups excluding carboxylic acids is 1. The van der Waals surface area contributed by atoms with E-state index in [0.29, 0.717) is 0 Å². The van der Waals surface area contributed by atoms with Crippen LogP contribution in [0, 0.1) is 0 Å². The molecule has 0 saturated carbocycles. The van der Waals surface area contributed by atoms with Crippen molar-refractivity contribution in [1.82, 2.24) is 0 Å². The third-order valence-corrected chi connectivity index (χ3v) is 1.58. The van der Waals surface area contributed by atoms with Crippen molar-refractivity contribution in [3.05, 3.63) is 11.6 Å². The van der Waals surface area contributed by atoms with Crippen LogP contribution in [0.25, 0.3) is 0 Å². The third kappa shape index (κ3) is 1.43. The topological polar surface area (TPSA) is 46.1 Å². The first-order chi connectivity index (χ1) is 4.70. The second-order valence-corrected chi connectivity index (χ2v) is 2.44. The smallest absolute Gasteiger partial charge is 0.245 e. The van der Waals surface area contributed by atoms with Gasteiger partial charge in [-0.3, -0.25) is 4.79 Å². The molecule has 0 aromatic rings. The lowest BCUT2D eigenvalue weighted by atomic mass is 10.1. The first kappa shape index (κ1) is 6.99. The Morgan fingerprint density at radius 3 is 2.90 bits per heavy atom. The van der Waals surface area contributed by atoms with E-state index in [0.717, 1.165) is 18.5 Å². The fraction of sp³-hybridized carbons (Fsp3) is 0.429. The highest BCUT2D eigenvalue weighted by Crippen LogP contribution is 2.02. The molecule has 1 aliphatic heterocycles. The van der Waals surface area contributed by atoms with Crippen LogP contribution in [0.1, 0.15) is 6.42 Å². The van der Waals surface area contributed by atoms with Gasteiger partial charge in [-0.05, 0) is 0 Å². The lowest BCUT2D eigenvalue weighted by Gasteiger charge is -2.03. The number of nitrogens with two attached hydrogens (primary N) is 1. The van der Waals surface area contributed by atoms with E-state index in [2.05, 4.69) is 0 Å². The highest BCUT2D eigenvalue weighted by molar-refractivity contribution is 5.95. The lowest BCUT2D eigenvalue weighted by molar-refractivity contribution is -0.492. The van der Waals surface area contributed by atoms with Crippen LogP contribution in [0.4, 0.5) is 0 Å². The molecule has 0 unspecified atom stereocenters. The van der Waals surface area contributed by atoms with Gasteiger partial charge in [-0.2, -0.15) is 0 Å². The van der Waals surface area contributed by atoms with Crippen LogP contribution in [0.3, 0.4) is 0 Å². The van der Waals surface area contributed by atoms with Gasteiger partial charge in [0, 0.05) is 18.1 Å². The van der Waals surface area contributed by atoms with Crippen LogP contribution in [0.15, 0.2) is 11.6 Å². The molecule has 0 bridgehead atoms. The number of carbonyl (C=O) groups is 1. The first-order valence-electron chi connectivity index (χ1n) is 3.24. The van der Waals surface area contributed by atoms with E-state index in [-0.39, 0.29) is 5.91 Å². The fourth-order valence-corrected chi connectivity index (χ4v) is 0.877. The molecular weight excluding hydrogens is 128 g/mol. The van der Waals surface area contributed by atoms with Gasteiger partial charge < -0.3 is 5.73 Å². The highest BCUT2D eigenvalue weighted by Gasteiger charge is 2.11. The van der Waals surface area contributed by atoms with Crippen molar-refractivity contribution in [3.8, 4) is 0 Å². The molecule has 3 heteroatoms. The average Bonchev–Trinajstić information content (AvgIpc) is 1.88. The van der Waals surface area contributed by atoms with E-state index in [4.69, 9.17) is 5.73 Å². The number of nitrogens with zero attached hydrogens (tertiary/aromatic N) is 1. The molecule has 0 aliphatic carbocycles. The van der Waals surface area contributed by atoms with Gasteiger partial charge in [-0.15, -0.1) is 0 Å². The minimum Gasteiger partial charge on any atom is -0.366 e. The molecule has 0 radical (unpaired) electrons. The Balaban J connectivity index is 2.74. The molecule has 3 nitrogen and oxygen atoms in total. The summed E-state index contributed by atoms with van der Waals surface area (Å²) in [5.74, 6) is -0.302. The minimum absolute atomic E-state index is 0.302. The van der Waals surface area contributed by atoms with Crippen LogP contribution in [-0.2, 0) is 4.79 Å². The van der Waals surface area contributed by atoms with Crippen molar-refractivity contribution < 1.29 is 9.37 Å². The predicted molar refractivity (Wildman–Crippen MR) is 39.0 cm³/mol. The SMILES string of the molecule is C[N+]1=CC=C(C(N)=O)CC1. The first-order valence-corrected chi connectivity index (χ1v) is 3.24. The molecule has 0 saturated heterocycles. The Morgan fingerprint density at radius 1 is 1.80 bits per heavy atom. The Hall–Kier alpha value is -1.12. The Bertz CT molecular complexity index is 216. The van der Waals surface area contributed by atoms with Gasteiger partial charge in [-0.25, -0.2) is 4.58 Å². The summed E-state index contributed by atoms with van der Waals surface area (Å²) < 4.78 is 2.02. The molecule has 1 amide bonds. The van der Waals surface area contributed by atoms with Gasteiger partial charge in [0.1, 0.15) is 13.6 Å². The number of hydrogen-bond acceptors (Lipinski definition) is 1. The van der Waals surface area contributed by atoms with Gasteiger partial charge in [-0.1, -0.05) is 0 Å². The summed E-state index contributed by atoms with van der Waals surface area (Å²) >= 11 is 0. The van der Waals surface area contributed by atoms with Crippen LogP contribution in [-0.4, -0.2) is 30.3 Å².